The molecule has 0 bridgehead atoms. The summed E-state index contributed by atoms with van der Waals surface area (Å²) in [6, 6.07) is 14.2. The minimum absolute atomic E-state index is 0.651. The Labute approximate surface area is 113 Å². The van der Waals surface area contributed by atoms with Crippen LogP contribution >= 0.6 is 0 Å². The molecule has 1 heterocycles. The SMILES string of the molecule is CCNC(C#N)(CCn1cccn1)c1ccccc1. The van der Waals surface area contributed by atoms with Crippen molar-refractivity contribution in [3.05, 3.63) is 54.4 Å². The zero-order valence-electron chi connectivity index (χ0n) is 11.1. The summed E-state index contributed by atoms with van der Waals surface area (Å²) >= 11 is 0. The van der Waals surface area contributed by atoms with E-state index in [1.807, 2.05) is 54.2 Å². The Morgan fingerprint density at radius 3 is 2.68 bits per heavy atom. The van der Waals surface area contributed by atoms with Gasteiger partial charge in [0.15, 0.2) is 0 Å². The Morgan fingerprint density at radius 1 is 1.32 bits per heavy atom. The standard InChI is InChI=1S/C15H18N4/c1-2-17-15(13-16,14-7-4-3-5-8-14)9-12-19-11-6-10-18-19/h3-8,10-11,17H,2,9,12H2,1H3. The average molecular weight is 254 g/mol. The minimum Gasteiger partial charge on any atom is -0.296 e. The fourth-order valence-corrected chi connectivity index (χ4v) is 2.23. The van der Waals surface area contributed by atoms with Gasteiger partial charge in [-0.2, -0.15) is 10.4 Å². The Morgan fingerprint density at radius 2 is 2.11 bits per heavy atom. The molecule has 2 aromatic rings. The van der Waals surface area contributed by atoms with E-state index in [-0.39, 0.29) is 0 Å². The highest BCUT2D eigenvalue weighted by Gasteiger charge is 2.30. The molecule has 0 aliphatic rings. The van der Waals surface area contributed by atoms with Gasteiger partial charge in [0.2, 0.25) is 0 Å². The maximum Gasteiger partial charge on any atom is 0.134 e. The smallest absolute Gasteiger partial charge is 0.134 e. The summed E-state index contributed by atoms with van der Waals surface area (Å²) < 4.78 is 1.85. The lowest BCUT2D eigenvalue weighted by molar-refractivity contribution is 0.372. The second-order valence-corrected chi connectivity index (χ2v) is 4.43. The first-order valence-corrected chi connectivity index (χ1v) is 6.50. The maximum atomic E-state index is 9.65. The summed E-state index contributed by atoms with van der Waals surface area (Å²) in [6.07, 6.45) is 4.35. The van der Waals surface area contributed by atoms with E-state index in [1.54, 1.807) is 6.20 Å². The van der Waals surface area contributed by atoms with Crippen molar-refractivity contribution in [2.75, 3.05) is 6.54 Å². The van der Waals surface area contributed by atoms with Crippen LogP contribution in [-0.2, 0) is 12.1 Å². The Kier molecular flexibility index (Phi) is 4.32. The monoisotopic (exact) mass is 254 g/mol. The van der Waals surface area contributed by atoms with Crippen LogP contribution in [0.2, 0.25) is 0 Å². The van der Waals surface area contributed by atoms with E-state index in [0.29, 0.717) is 13.0 Å². The molecule has 1 atom stereocenters. The first-order chi connectivity index (χ1) is 9.30. The van der Waals surface area contributed by atoms with Crippen molar-refractivity contribution < 1.29 is 0 Å². The number of aryl methyl sites for hydroxylation is 1. The molecule has 1 unspecified atom stereocenters. The predicted molar refractivity (Wildman–Crippen MR) is 74.3 cm³/mol. The topological polar surface area (TPSA) is 53.6 Å². The molecule has 0 spiro atoms. The van der Waals surface area contributed by atoms with Crippen LogP contribution < -0.4 is 5.32 Å². The van der Waals surface area contributed by atoms with Crippen LogP contribution in [0.3, 0.4) is 0 Å². The average Bonchev–Trinajstić information content (AvgIpc) is 2.98. The van der Waals surface area contributed by atoms with Gasteiger partial charge in [0.05, 0.1) is 6.07 Å². The summed E-state index contributed by atoms with van der Waals surface area (Å²) in [7, 11) is 0. The molecule has 1 N–H and O–H groups in total. The molecule has 0 aliphatic carbocycles. The van der Waals surface area contributed by atoms with Crippen LogP contribution in [0.4, 0.5) is 0 Å². The van der Waals surface area contributed by atoms with Crippen molar-refractivity contribution in [2.45, 2.75) is 25.4 Å². The van der Waals surface area contributed by atoms with Gasteiger partial charge >= 0.3 is 0 Å². The third-order valence-corrected chi connectivity index (χ3v) is 3.21. The zero-order chi connectivity index (χ0) is 13.6. The molecule has 0 aliphatic heterocycles. The van der Waals surface area contributed by atoms with E-state index in [9.17, 15) is 5.26 Å². The second kappa shape index (κ2) is 6.17. The largest absolute Gasteiger partial charge is 0.296 e. The Balaban J connectivity index is 2.22. The van der Waals surface area contributed by atoms with E-state index in [2.05, 4.69) is 16.5 Å². The summed E-state index contributed by atoms with van der Waals surface area (Å²) in [5.41, 5.74) is 0.355. The molecular formula is C15H18N4. The molecule has 19 heavy (non-hydrogen) atoms. The quantitative estimate of drug-likeness (QED) is 0.860. The number of nitrogens with one attached hydrogen (secondary N) is 1. The number of nitriles is 1. The summed E-state index contributed by atoms with van der Waals surface area (Å²) in [6.45, 7) is 3.48. The fraction of sp³-hybridized carbons (Fsp3) is 0.333. The van der Waals surface area contributed by atoms with Crippen molar-refractivity contribution >= 4 is 0 Å². The van der Waals surface area contributed by atoms with E-state index >= 15 is 0 Å². The maximum absolute atomic E-state index is 9.65. The number of rotatable bonds is 6. The summed E-state index contributed by atoms with van der Waals surface area (Å²) in [5.74, 6) is 0. The van der Waals surface area contributed by atoms with Gasteiger partial charge in [-0.25, -0.2) is 0 Å². The van der Waals surface area contributed by atoms with Crippen LogP contribution in [0.5, 0.6) is 0 Å². The van der Waals surface area contributed by atoms with E-state index in [4.69, 9.17) is 0 Å². The van der Waals surface area contributed by atoms with E-state index < -0.39 is 5.54 Å². The minimum atomic E-state index is -0.651. The Hall–Kier alpha value is -2.12. The molecule has 0 saturated heterocycles. The lowest BCUT2D eigenvalue weighted by atomic mass is 9.88. The van der Waals surface area contributed by atoms with E-state index in [0.717, 1.165) is 12.1 Å². The van der Waals surface area contributed by atoms with Crippen molar-refractivity contribution in [3.63, 3.8) is 0 Å². The highest BCUT2D eigenvalue weighted by Crippen LogP contribution is 2.25. The van der Waals surface area contributed by atoms with Crippen molar-refractivity contribution in [1.82, 2.24) is 15.1 Å². The number of hydrogen-bond donors (Lipinski definition) is 1. The van der Waals surface area contributed by atoms with Gasteiger partial charge in [0, 0.05) is 25.4 Å². The van der Waals surface area contributed by atoms with Gasteiger partial charge in [-0.05, 0) is 18.2 Å². The van der Waals surface area contributed by atoms with Gasteiger partial charge in [-0.15, -0.1) is 0 Å². The summed E-state index contributed by atoms with van der Waals surface area (Å²) in [5, 5.41) is 17.2. The first-order valence-electron chi connectivity index (χ1n) is 6.50. The molecular weight excluding hydrogens is 236 g/mol. The second-order valence-electron chi connectivity index (χ2n) is 4.43. The molecule has 4 nitrogen and oxygen atoms in total. The normalized spacial score (nSPS) is 13.7. The molecule has 0 radical (unpaired) electrons. The molecule has 1 aromatic carbocycles. The fourth-order valence-electron chi connectivity index (χ4n) is 2.23. The van der Waals surface area contributed by atoms with Crippen molar-refractivity contribution in [2.24, 2.45) is 0 Å². The number of nitrogens with zero attached hydrogens (tertiary/aromatic N) is 3. The molecule has 0 amide bonds. The van der Waals surface area contributed by atoms with Crippen molar-refractivity contribution in [1.29, 1.82) is 5.26 Å². The van der Waals surface area contributed by atoms with Crippen molar-refractivity contribution in [3.8, 4) is 6.07 Å². The molecule has 4 heteroatoms. The first kappa shape index (κ1) is 13.3. The van der Waals surface area contributed by atoms with Gasteiger partial charge in [-0.1, -0.05) is 37.3 Å². The Bertz CT molecular complexity index is 527. The van der Waals surface area contributed by atoms with Gasteiger partial charge in [0.25, 0.3) is 0 Å². The van der Waals surface area contributed by atoms with Crippen LogP contribution in [0.1, 0.15) is 18.9 Å². The number of hydrogen-bond acceptors (Lipinski definition) is 3. The summed E-state index contributed by atoms with van der Waals surface area (Å²) in [4.78, 5) is 0. The van der Waals surface area contributed by atoms with E-state index in [1.165, 1.54) is 0 Å². The van der Waals surface area contributed by atoms with Crippen LogP contribution in [0, 0.1) is 11.3 Å². The third kappa shape index (κ3) is 3.01. The highest BCUT2D eigenvalue weighted by molar-refractivity contribution is 5.31. The third-order valence-electron chi connectivity index (χ3n) is 3.21. The molecule has 98 valence electrons. The van der Waals surface area contributed by atoms with Crippen LogP contribution in [0.15, 0.2) is 48.8 Å². The molecule has 2 rings (SSSR count). The number of aromatic nitrogens is 2. The molecule has 0 saturated carbocycles. The van der Waals surface area contributed by atoms with Gasteiger partial charge in [-0.3, -0.25) is 10.00 Å². The highest BCUT2D eigenvalue weighted by atomic mass is 15.3. The lowest BCUT2D eigenvalue weighted by Gasteiger charge is -2.28. The predicted octanol–water partition coefficient (Wildman–Crippen LogP) is 2.30. The van der Waals surface area contributed by atoms with Crippen LogP contribution in [-0.4, -0.2) is 16.3 Å². The number of benzene rings is 1. The lowest BCUT2D eigenvalue weighted by Crippen LogP contribution is -2.42. The van der Waals surface area contributed by atoms with Gasteiger partial charge < -0.3 is 0 Å². The molecule has 1 aromatic heterocycles. The molecule has 0 fully saturated rings. The van der Waals surface area contributed by atoms with Crippen LogP contribution in [0.25, 0.3) is 0 Å². The van der Waals surface area contributed by atoms with Gasteiger partial charge in [0.1, 0.15) is 5.54 Å². The zero-order valence-corrected chi connectivity index (χ0v) is 11.1.